The quantitative estimate of drug-likeness (QED) is 0.897. The van der Waals surface area contributed by atoms with Gasteiger partial charge in [0, 0.05) is 11.4 Å². The van der Waals surface area contributed by atoms with E-state index in [4.69, 9.17) is 4.74 Å². The minimum Gasteiger partial charge on any atom is -0.494 e. The van der Waals surface area contributed by atoms with Crippen LogP contribution >= 0.6 is 0 Å². The number of ether oxygens (including phenoxy) is 1. The maximum Gasteiger partial charge on any atom is 0.256 e. The van der Waals surface area contributed by atoms with Gasteiger partial charge < -0.3 is 10.1 Å². The third-order valence-corrected chi connectivity index (χ3v) is 3.10. The lowest BCUT2D eigenvalue weighted by Crippen LogP contribution is -2.26. The van der Waals surface area contributed by atoms with Crippen molar-refractivity contribution in [3.63, 3.8) is 0 Å². The molecule has 0 atom stereocenters. The van der Waals surface area contributed by atoms with Gasteiger partial charge in [0.25, 0.3) is 5.91 Å². The van der Waals surface area contributed by atoms with E-state index in [9.17, 15) is 4.79 Å². The number of pyridine rings is 1. The van der Waals surface area contributed by atoms with Gasteiger partial charge in [-0.1, -0.05) is 18.2 Å². The number of methoxy groups -OCH3 is 1. The van der Waals surface area contributed by atoms with Crippen molar-refractivity contribution in [2.45, 2.75) is 18.9 Å². The van der Waals surface area contributed by atoms with Crippen molar-refractivity contribution in [1.82, 2.24) is 10.3 Å². The molecule has 3 rings (SSSR count). The molecule has 0 spiro atoms. The van der Waals surface area contributed by atoms with Gasteiger partial charge >= 0.3 is 0 Å². The first-order chi connectivity index (χ1) is 8.79. The van der Waals surface area contributed by atoms with Gasteiger partial charge in [-0.2, -0.15) is 0 Å². The van der Waals surface area contributed by atoms with E-state index >= 15 is 0 Å². The molecule has 1 aliphatic rings. The normalized spacial score (nSPS) is 14.5. The highest BCUT2D eigenvalue weighted by molar-refractivity contribution is 6.08. The molecule has 1 amide bonds. The molecule has 0 unspecified atom stereocenters. The maximum absolute atomic E-state index is 12.3. The molecule has 4 nitrogen and oxygen atoms in total. The highest BCUT2D eigenvalue weighted by Crippen LogP contribution is 2.27. The fourth-order valence-corrected chi connectivity index (χ4v) is 2.00. The summed E-state index contributed by atoms with van der Waals surface area (Å²) in [5, 5.41) is 3.82. The molecule has 0 aliphatic heterocycles. The molecule has 1 aromatic heterocycles. The van der Waals surface area contributed by atoms with E-state index in [1.807, 2.05) is 24.3 Å². The van der Waals surface area contributed by atoms with Crippen LogP contribution in [0, 0.1) is 0 Å². The number of carbonyl (C=O) groups excluding carboxylic acids is 1. The largest absolute Gasteiger partial charge is 0.494 e. The first-order valence-corrected chi connectivity index (χ1v) is 6.02. The first kappa shape index (κ1) is 11.0. The number of aromatic nitrogens is 1. The lowest BCUT2D eigenvalue weighted by molar-refractivity contribution is 0.0949. The van der Waals surface area contributed by atoms with Crippen molar-refractivity contribution in [1.29, 1.82) is 0 Å². The molecule has 1 fully saturated rings. The minimum absolute atomic E-state index is 0.0760. The Morgan fingerprint density at radius 1 is 1.39 bits per heavy atom. The molecule has 0 bridgehead atoms. The third kappa shape index (κ3) is 1.90. The Bertz CT molecular complexity index is 606. The molecular formula is C14H14N2O2. The highest BCUT2D eigenvalue weighted by atomic mass is 16.5. The van der Waals surface area contributed by atoms with Crippen LogP contribution in [0.2, 0.25) is 0 Å². The van der Waals surface area contributed by atoms with Crippen LogP contribution in [0.5, 0.6) is 5.75 Å². The number of rotatable bonds is 3. The van der Waals surface area contributed by atoms with E-state index in [-0.39, 0.29) is 5.91 Å². The van der Waals surface area contributed by atoms with Crippen LogP contribution in [0.3, 0.4) is 0 Å². The molecule has 1 saturated carbocycles. The molecule has 1 heterocycles. The van der Waals surface area contributed by atoms with Gasteiger partial charge in [-0.15, -0.1) is 0 Å². The molecular weight excluding hydrogens is 228 g/mol. The van der Waals surface area contributed by atoms with Crippen molar-refractivity contribution < 1.29 is 9.53 Å². The Kier molecular flexibility index (Phi) is 2.63. The summed E-state index contributed by atoms with van der Waals surface area (Å²) in [5.41, 5.74) is 1.38. The van der Waals surface area contributed by atoms with E-state index in [0.717, 1.165) is 23.7 Å². The predicted octanol–water partition coefficient (Wildman–Crippen LogP) is 2.14. The summed E-state index contributed by atoms with van der Waals surface area (Å²) in [6, 6.07) is 7.92. The lowest BCUT2D eigenvalue weighted by atomic mass is 10.1. The highest BCUT2D eigenvalue weighted by Gasteiger charge is 2.26. The van der Waals surface area contributed by atoms with Crippen LogP contribution in [0.15, 0.2) is 30.5 Å². The zero-order valence-electron chi connectivity index (χ0n) is 10.1. The van der Waals surface area contributed by atoms with Crippen LogP contribution in [-0.4, -0.2) is 24.0 Å². The van der Waals surface area contributed by atoms with Gasteiger partial charge in [0.15, 0.2) is 5.75 Å². The van der Waals surface area contributed by atoms with Crippen molar-refractivity contribution >= 4 is 16.8 Å². The molecule has 0 saturated heterocycles. The number of para-hydroxylation sites is 1. The van der Waals surface area contributed by atoms with E-state index in [2.05, 4.69) is 10.3 Å². The first-order valence-electron chi connectivity index (χ1n) is 6.02. The van der Waals surface area contributed by atoms with Crippen molar-refractivity contribution in [3.8, 4) is 5.75 Å². The number of fused-ring (bicyclic) bond motifs is 1. The van der Waals surface area contributed by atoms with Gasteiger partial charge in [-0.25, -0.2) is 0 Å². The Hall–Kier alpha value is -2.10. The monoisotopic (exact) mass is 242 g/mol. The lowest BCUT2D eigenvalue weighted by Gasteiger charge is -2.11. The van der Waals surface area contributed by atoms with Gasteiger partial charge in [0.1, 0.15) is 0 Å². The zero-order valence-corrected chi connectivity index (χ0v) is 10.1. The predicted molar refractivity (Wildman–Crippen MR) is 68.8 cm³/mol. The van der Waals surface area contributed by atoms with Crippen LogP contribution in [0.25, 0.3) is 10.9 Å². The molecule has 1 N–H and O–H groups in total. The van der Waals surface area contributed by atoms with Gasteiger partial charge in [0.05, 0.1) is 24.4 Å². The van der Waals surface area contributed by atoms with Crippen LogP contribution in [-0.2, 0) is 0 Å². The summed E-state index contributed by atoms with van der Waals surface area (Å²) < 4.78 is 5.25. The second-order valence-electron chi connectivity index (χ2n) is 4.47. The number of benzene rings is 1. The molecule has 1 aliphatic carbocycles. The summed E-state index contributed by atoms with van der Waals surface area (Å²) in [7, 11) is 1.56. The second kappa shape index (κ2) is 4.29. The molecule has 2 aromatic rings. The standard InChI is InChI=1S/C14H14N2O2/c1-18-12-8-15-11-5-3-2-4-10(11)13(12)14(17)16-9-6-7-9/h2-5,8-9H,6-7H2,1H3,(H,16,17). The number of carbonyl (C=O) groups is 1. The Balaban J connectivity index is 2.13. The van der Waals surface area contributed by atoms with E-state index in [1.54, 1.807) is 13.3 Å². The second-order valence-corrected chi connectivity index (χ2v) is 4.47. The molecule has 0 radical (unpaired) electrons. The summed E-state index contributed by atoms with van der Waals surface area (Å²) in [6.07, 6.45) is 3.73. The number of hydrogen-bond donors (Lipinski definition) is 1. The maximum atomic E-state index is 12.3. The number of nitrogens with one attached hydrogen (secondary N) is 1. The zero-order chi connectivity index (χ0) is 12.5. The fraction of sp³-hybridized carbons (Fsp3) is 0.286. The Labute approximate surface area is 105 Å². The van der Waals surface area contributed by atoms with E-state index < -0.39 is 0 Å². The molecule has 4 heteroatoms. The molecule has 18 heavy (non-hydrogen) atoms. The summed E-state index contributed by atoms with van der Waals surface area (Å²) in [6.45, 7) is 0. The smallest absolute Gasteiger partial charge is 0.256 e. The SMILES string of the molecule is COc1cnc2ccccc2c1C(=O)NC1CC1. The average molecular weight is 242 g/mol. The van der Waals surface area contributed by atoms with Crippen LogP contribution in [0.1, 0.15) is 23.2 Å². The third-order valence-electron chi connectivity index (χ3n) is 3.10. The van der Waals surface area contributed by atoms with Gasteiger partial charge in [-0.05, 0) is 18.9 Å². The van der Waals surface area contributed by atoms with Crippen LogP contribution in [0.4, 0.5) is 0 Å². The van der Waals surface area contributed by atoms with E-state index in [0.29, 0.717) is 17.4 Å². The van der Waals surface area contributed by atoms with Gasteiger partial charge in [-0.3, -0.25) is 9.78 Å². The summed E-state index contributed by atoms with van der Waals surface area (Å²) in [4.78, 5) is 16.6. The molecule has 92 valence electrons. The number of hydrogen-bond acceptors (Lipinski definition) is 3. The van der Waals surface area contributed by atoms with Crippen molar-refractivity contribution in [2.24, 2.45) is 0 Å². The van der Waals surface area contributed by atoms with Crippen molar-refractivity contribution in [2.75, 3.05) is 7.11 Å². The Morgan fingerprint density at radius 3 is 2.89 bits per heavy atom. The van der Waals surface area contributed by atoms with E-state index in [1.165, 1.54) is 0 Å². The van der Waals surface area contributed by atoms with Crippen molar-refractivity contribution in [3.05, 3.63) is 36.0 Å². The van der Waals surface area contributed by atoms with Crippen LogP contribution < -0.4 is 10.1 Å². The molecule has 1 aromatic carbocycles. The van der Waals surface area contributed by atoms with Gasteiger partial charge in [0.2, 0.25) is 0 Å². The Morgan fingerprint density at radius 2 is 2.17 bits per heavy atom. The number of nitrogens with zero attached hydrogens (tertiary/aromatic N) is 1. The minimum atomic E-state index is -0.0760. The average Bonchev–Trinajstić information content (AvgIpc) is 3.21. The topological polar surface area (TPSA) is 51.2 Å². The summed E-state index contributed by atoms with van der Waals surface area (Å²) in [5.74, 6) is 0.444. The summed E-state index contributed by atoms with van der Waals surface area (Å²) >= 11 is 0. The number of amides is 1. The fourth-order valence-electron chi connectivity index (χ4n) is 2.00.